The molecule has 0 heterocycles. The lowest BCUT2D eigenvalue weighted by Gasteiger charge is -2.14. The number of aliphatic hydroxyl groups is 3. The number of rotatable bonds is 8. The van der Waals surface area contributed by atoms with Crippen molar-refractivity contribution in [1.82, 2.24) is 0 Å². The zero-order valence-corrected chi connectivity index (χ0v) is 9.93. The van der Waals surface area contributed by atoms with Gasteiger partial charge in [-0.15, -0.1) is 0 Å². The van der Waals surface area contributed by atoms with Crippen molar-refractivity contribution >= 4 is 5.97 Å². The quantitative estimate of drug-likeness (QED) is 0.422. The minimum absolute atomic E-state index is 0.277. The van der Waals surface area contributed by atoms with E-state index in [4.69, 9.17) is 5.11 Å². The molecule has 0 saturated heterocycles. The van der Waals surface area contributed by atoms with E-state index in [1.54, 1.807) is 0 Å². The van der Waals surface area contributed by atoms with Crippen LogP contribution in [0.5, 0.6) is 0 Å². The van der Waals surface area contributed by atoms with Crippen LogP contribution < -0.4 is 0 Å². The molecule has 3 unspecified atom stereocenters. The van der Waals surface area contributed by atoms with Crippen LogP contribution >= 0.6 is 0 Å². The maximum Gasteiger partial charge on any atom is 0.336 e. The summed E-state index contributed by atoms with van der Waals surface area (Å²) in [6.45, 7) is 3.27. The fourth-order valence-electron chi connectivity index (χ4n) is 1.30. The minimum Gasteiger partial charge on any atom is -0.434 e. The largest absolute Gasteiger partial charge is 0.434 e. The van der Waals surface area contributed by atoms with Gasteiger partial charge in [0.15, 0.2) is 0 Å². The maximum absolute atomic E-state index is 10.9. The van der Waals surface area contributed by atoms with Crippen molar-refractivity contribution in [2.24, 2.45) is 0 Å². The van der Waals surface area contributed by atoms with Crippen LogP contribution in [0.2, 0.25) is 0 Å². The Bertz CT molecular complexity index is 193. The SMILES string of the molecule is CCCC(O)CCCC(O)OC(=O)C(C)O. The maximum atomic E-state index is 10.9. The van der Waals surface area contributed by atoms with Crippen LogP contribution in [0.15, 0.2) is 0 Å². The highest BCUT2D eigenvalue weighted by Gasteiger charge is 2.15. The summed E-state index contributed by atoms with van der Waals surface area (Å²) >= 11 is 0. The summed E-state index contributed by atoms with van der Waals surface area (Å²) in [5.41, 5.74) is 0. The molecule has 96 valence electrons. The molecule has 5 heteroatoms. The van der Waals surface area contributed by atoms with Gasteiger partial charge >= 0.3 is 5.97 Å². The Morgan fingerprint density at radius 2 is 1.81 bits per heavy atom. The van der Waals surface area contributed by atoms with E-state index in [1.807, 2.05) is 6.92 Å². The van der Waals surface area contributed by atoms with E-state index in [2.05, 4.69) is 4.74 Å². The number of hydrogen-bond donors (Lipinski definition) is 3. The molecule has 0 rings (SSSR count). The van der Waals surface area contributed by atoms with Crippen LogP contribution in [0.25, 0.3) is 0 Å². The van der Waals surface area contributed by atoms with E-state index in [1.165, 1.54) is 6.92 Å². The van der Waals surface area contributed by atoms with Gasteiger partial charge in [0.1, 0.15) is 6.10 Å². The second-order valence-corrected chi connectivity index (χ2v) is 3.94. The molecule has 0 aromatic rings. The normalized spacial score (nSPS) is 16.6. The van der Waals surface area contributed by atoms with Crippen molar-refractivity contribution in [1.29, 1.82) is 0 Å². The first-order valence-corrected chi connectivity index (χ1v) is 5.72. The van der Waals surface area contributed by atoms with Crippen molar-refractivity contribution in [2.75, 3.05) is 0 Å². The number of hydrogen-bond acceptors (Lipinski definition) is 5. The highest BCUT2D eigenvalue weighted by Crippen LogP contribution is 2.09. The third-order valence-corrected chi connectivity index (χ3v) is 2.20. The van der Waals surface area contributed by atoms with Crippen molar-refractivity contribution < 1.29 is 24.9 Å². The number of carbonyl (C=O) groups is 1. The van der Waals surface area contributed by atoms with Gasteiger partial charge in [-0.1, -0.05) is 13.3 Å². The third kappa shape index (κ3) is 7.62. The molecule has 0 radical (unpaired) electrons. The highest BCUT2D eigenvalue weighted by molar-refractivity contribution is 5.73. The van der Waals surface area contributed by atoms with Crippen LogP contribution in [0.4, 0.5) is 0 Å². The van der Waals surface area contributed by atoms with E-state index < -0.39 is 18.4 Å². The second-order valence-electron chi connectivity index (χ2n) is 3.94. The summed E-state index contributed by atoms with van der Waals surface area (Å²) in [4.78, 5) is 10.9. The molecule has 0 aliphatic carbocycles. The molecule has 0 aromatic heterocycles. The third-order valence-electron chi connectivity index (χ3n) is 2.20. The van der Waals surface area contributed by atoms with Crippen LogP contribution in [-0.4, -0.2) is 39.8 Å². The van der Waals surface area contributed by atoms with Gasteiger partial charge in [-0.3, -0.25) is 0 Å². The average molecular weight is 234 g/mol. The van der Waals surface area contributed by atoms with Crippen LogP contribution in [0.3, 0.4) is 0 Å². The van der Waals surface area contributed by atoms with Gasteiger partial charge in [0.05, 0.1) is 6.10 Å². The van der Waals surface area contributed by atoms with E-state index >= 15 is 0 Å². The molecule has 0 aromatic carbocycles. The van der Waals surface area contributed by atoms with E-state index in [0.717, 1.165) is 12.8 Å². The molecule has 0 saturated carbocycles. The summed E-state index contributed by atoms with van der Waals surface area (Å²) in [6.07, 6.45) is 0.316. The number of esters is 1. The van der Waals surface area contributed by atoms with Crippen molar-refractivity contribution in [3.8, 4) is 0 Å². The van der Waals surface area contributed by atoms with E-state index in [9.17, 15) is 15.0 Å². The molecular formula is C11H22O5. The summed E-state index contributed by atoms with van der Waals surface area (Å²) in [5, 5.41) is 27.5. The lowest BCUT2D eigenvalue weighted by Crippen LogP contribution is -2.25. The molecule has 0 aliphatic heterocycles. The Balaban J connectivity index is 3.58. The van der Waals surface area contributed by atoms with Gasteiger partial charge in [-0.25, -0.2) is 4.79 Å². The van der Waals surface area contributed by atoms with Gasteiger partial charge in [0, 0.05) is 6.42 Å². The first-order valence-electron chi connectivity index (χ1n) is 5.72. The summed E-state index contributed by atoms with van der Waals surface area (Å²) in [6, 6.07) is 0. The highest BCUT2D eigenvalue weighted by atomic mass is 16.6. The smallest absolute Gasteiger partial charge is 0.336 e. The van der Waals surface area contributed by atoms with Crippen LogP contribution in [0, 0.1) is 0 Å². The Kier molecular flexibility index (Phi) is 8.15. The number of carbonyl (C=O) groups excluding carboxylic acids is 1. The molecule has 3 N–H and O–H groups in total. The van der Waals surface area contributed by atoms with Gasteiger partial charge in [-0.2, -0.15) is 0 Å². The lowest BCUT2D eigenvalue weighted by atomic mass is 10.1. The first kappa shape index (κ1) is 15.3. The molecular weight excluding hydrogens is 212 g/mol. The fraction of sp³-hybridized carbons (Fsp3) is 0.909. The minimum atomic E-state index is -1.22. The molecule has 5 nitrogen and oxygen atoms in total. The Morgan fingerprint density at radius 1 is 1.19 bits per heavy atom. The van der Waals surface area contributed by atoms with Crippen LogP contribution in [0.1, 0.15) is 46.0 Å². The summed E-state index contributed by atoms with van der Waals surface area (Å²) in [7, 11) is 0. The average Bonchev–Trinajstić information content (AvgIpc) is 2.17. The zero-order chi connectivity index (χ0) is 12.6. The van der Waals surface area contributed by atoms with E-state index in [0.29, 0.717) is 12.8 Å². The second kappa shape index (κ2) is 8.50. The molecule has 0 bridgehead atoms. The molecule has 0 spiro atoms. The predicted octanol–water partition coefficient (Wildman–Crippen LogP) is 0.560. The zero-order valence-electron chi connectivity index (χ0n) is 9.93. The lowest BCUT2D eigenvalue weighted by molar-refractivity contribution is -0.177. The van der Waals surface area contributed by atoms with E-state index in [-0.39, 0.29) is 12.5 Å². The first-order chi connectivity index (χ1) is 7.47. The molecule has 0 aliphatic rings. The number of ether oxygens (including phenoxy) is 1. The number of aliphatic hydroxyl groups excluding tert-OH is 3. The van der Waals surface area contributed by atoms with Crippen molar-refractivity contribution in [3.63, 3.8) is 0 Å². The van der Waals surface area contributed by atoms with Gasteiger partial charge < -0.3 is 20.1 Å². The van der Waals surface area contributed by atoms with Crippen LogP contribution in [-0.2, 0) is 9.53 Å². The van der Waals surface area contributed by atoms with Gasteiger partial charge in [0.2, 0.25) is 6.29 Å². The Labute approximate surface area is 96.0 Å². The molecule has 16 heavy (non-hydrogen) atoms. The van der Waals surface area contributed by atoms with Crippen molar-refractivity contribution in [3.05, 3.63) is 0 Å². The Hall–Kier alpha value is -0.650. The topological polar surface area (TPSA) is 87.0 Å². The van der Waals surface area contributed by atoms with Gasteiger partial charge in [-0.05, 0) is 26.2 Å². The summed E-state index contributed by atoms with van der Waals surface area (Å²) < 4.78 is 4.54. The monoisotopic (exact) mass is 234 g/mol. The van der Waals surface area contributed by atoms with Crippen molar-refractivity contribution in [2.45, 2.75) is 64.4 Å². The molecule has 0 fully saturated rings. The standard InChI is InChI=1S/C11H22O5/c1-3-5-9(13)6-4-7-10(14)16-11(15)8(2)12/h8-10,12-14H,3-7H2,1-2H3. The summed E-state index contributed by atoms with van der Waals surface area (Å²) in [5.74, 6) is -0.832. The molecule has 0 amide bonds. The Morgan fingerprint density at radius 3 is 2.31 bits per heavy atom. The van der Waals surface area contributed by atoms with Gasteiger partial charge in [0.25, 0.3) is 0 Å². The molecule has 3 atom stereocenters. The fourth-order valence-corrected chi connectivity index (χ4v) is 1.30. The predicted molar refractivity (Wildman–Crippen MR) is 58.5 cm³/mol.